The molecular formula is C19H23F2N3O. The molecular weight excluding hydrogens is 324 g/mol. The number of benzene rings is 1. The Morgan fingerprint density at radius 3 is 2.72 bits per heavy atom. The zero-order valence-corrected chi connectivity index (χ0v) is 14.7. The van der Waals surface area contributed by atoms with E-state index in [9.17, 15) is 13.6 Å². The smallest absolute Gasteiger partial charge is 0.295 e. The Labute approximate surface area is 145 Å². The van der Waals surface area contributed by atoms with Crippen molar-refractivity contribution in [3.8, 4) is 0 Å². The van der Waals surface area contributed by atoms with Crippen LogP contribution in [0.1, 0.15) is 62.6 Å². The van der Waals surface area contributed by atoms with Crippen LogP contribution in [0.5, 0.6) is 0 Å². The molecule has 0 saturated heterocycles. The first-order valence-electron chi connectivity index (χ1n) is 8.81. The summed E-state index contributed by atoms with van der Waals surface area (Å²) in [5.74, 6) is 0.131. The second-order valence-electron chi connectivity index (χ2n) is 8.29. The monoisotopic (exact) mass is 347 g/mol. The van der Waals surface area contributed by atoms with Gasteiger partial charge < -0.3 is 10.3 Å². The summed E-state index contributed by atoms with van der Waals surface area (Å²) in [4.78, 5) is 19.2. The Hall–Kier alpha value is -1.98. The molecule has 3 atom stereocenters. The molecule has 0 spiro atoms. The second-order valence-corrected chi connectivity index (χ2v) is 8.29. The Morgan fingerprint density at radius 1 is 1.36 bits per heavy atom. The molecule has 1 aromatic carbocycles. The van der Waals surface area contributed by atoms with Crippen LogP contribution >= 0.6 is 0 Å². The topological polar surface area (TPSA) is 57.8 Å². The summed E-state index contributed by atoms with van der Waals surface area (Å²) in [6.45, 7) is 6.89. The first kappa shape index (κ1) is 16.5. The minimum Gasteiger partial charge on any atom is -0.349 e. The van der Waals surface area contributed by atoms with Crippen LogP contribution in [0.2, 0.25) is 0 Å². The molecule has 2 fully saturated rings. The van der Waals surface area contributed by atoms with Crippen LogP contribution in [0, 0.1) is 16.7 Å². The Balaban J connectivity index is 1.57. The molecule has 4 nitrogen and oxygen atoms in total. The Bertz CT molecular complexity index is 844. The van der Waals surface area contributed by atoms with Crippen LogP contribution in [0.15, 0.2) is 18.2 Å². The van der Waals surface area contributed by atoms with Gasteiger partial charge in [0.05, 0.1) is 11.0 Å². The van der Waals surface area contributed by atoms with Gasteiger partial charge in [0.15, 0.2) is 5.82 Å². The third kappa shape index (κ3) is 2.29. The number of aromatic nitrogens is 2. The van der Waals surface area contributed by atoms with E-state index in [-0.39, 0.29) is 28.6 Å². The molecule has 4 rings (SSSR count). The molecule has 2 aliphatic carbocycles. The molecule has 6 heteroatoms. The molecule has 1 aromatic heterocycles. The van der Waals surface area contributed by atoms with Gasteiger partial charge in [-0.25, -0.2) is 13.8 Å². The Morgan fingerprint density at radius 2 is 2.12 bits per heavy atom. The van der Waals surface area contributed by atoms with E-state index in [0.29, 0.717) is 22.5 Å². The summed E-state index contributed by atoms with van der Waals surface area (Å²) >= 11 is 0. The second kappa shape index (κ2) is 5.26. The van der Waals surface area contributed by atoms with Crippen LogP contribution < -0.4 is 5.32 Å². The average Bonchev–Trinajstić information content (AvgIpc) is 3.13. The quantitative estimate of drug-likeness (QED) is 0.862. The first-order valence-corrected chi connectivity index (χ1v) is 8.81. The van der Waals surface area contributed by atoms with Crippen molar-refractivity contribution < 1.29 is 13.6 Å². The molecule has 25 heavy (non-hydrogen) atoms. The van der Waals surface area contributed by atoms with Gasteiger partial charge in [-0.05, 0) is 54.2 Å². The molecule has 1 amide bonds. The number of imidazole rings is 1. The maximum absolute atomic E-state index is 12.8. The van der Waals surface area contributed by atoms with Crippen molar-refractivity contribution in [2.45, 2.75) is 52.5 Å². The lowest BCUT2D eigenvalue weighted by Crippen LogP contribution is -2.46. The number of halogens is 2. The summed E-state index contributed by atoms with van der Waals surface area (Å²) in [5.41, 5.74) is 1.71. The highest BCUT2D eigenvalue weighted by atomic mass is 19.3. The molecule has 2 bridgehead atoms. The summed E-state index contributed by atoms with van der Waals surface area (Å²) < 4.78 is 25.5. The number of hydrogen-bond acceptors (Lipinski definition) is 2. The molecule has 3 unspecified atom stereocenters. The molecule has 134 valence electrons. The number of carbonyl (C=O) groups excluding carboxylic acids is 1. The van der Waals surface area contributed by atoms with Crippen LogP contribution in [0.25, 0.3) is 11.0 Å². The molecule has 2 saturated carbocycles. The van der Waals surface area contributed by atoms with Crippen molar-refractivity contribution in [1.82, 2.24) is 15.3 Å². The van der Waals surface area contributed by atoms with Crippen LogP contribution in [-0.2, 0) is 0 Å². The van der Waals surface area contributed by atoms with E-state index in [0.717, 1.165) is 12.8 Å². The maximum atomic E-state index is 12.8. The number of carbonyl (C=O) groups is 1. The number of H-pyrrole nitrogens is 1. The molecule has 2 aliphatic rings. The van der Waals surface area contributed by atoms with Gasteiger partial charge in [0, 0.05) is 11.6 Å². The van der Waals surface area contributed by atoms with Gasteiger partial charge in [-0.3, -0.25) is 4.79 Å². The van der Waals surface area contributed by atoms with E-state index in [1.165, 1.54) is 6.42 Å². The predicted molar refractivity (Wildman–Crippen MR) is 91.5 cm³/mol. The van der Waals surface area contributed by atoms with Crippen LogP contribution in [0.4, 0.5) is 8.78 Å². The molecule has 0 radical (unpaired) electrons. The van der Waals surface area contributed by atoms with Gasteiger partial charge in [-0.15, -0.1) is 0 Å². The number of amides is 1. The molecule has 2 aromatic rings. The highest BCUT2D eigenvalue weighted by Crippen LogP contribution is 2.65. The summed E-state index contributed by atoms with van der Waals surface area (Å²) in [7, 11) is 0. The van der Waals surface area contributed by atoms with Gasteiger partial charge in [0.1, 0.15) is 0 Å². The maximum Gasteiger partial charge on any atom is 0.295 e. The van der Waals surface area contributed by atoms with E-state index in [1.807, 2.05) is 0 Å². The fraction of sp³-hybridized carbons (Fsp3) is 0.579. The number of fused-ring (bicyclic) bond motifs is 3. The van der Waals surface area contributed by atoms with Crippen molar-refractivity contribution in [3.05, 3.63) is 29.6 Å². The lowest BCUT2D eigenvalue weighted by molar-refractivity contribution is 0.0826. The van der Waals surface area contributed by atoms with Crippen molar-refractivity contribution in [3.63, 3.8) is 0 Å². The van der Waals surface area contributed by atoms with Gasteiger partial charge in [-0.2, -0.15) is 0 Å². The van der Waals surface area contributed by atoms with E-state index in [1.54, 1.807) is 18.2 Å². The number of nitrogens with zero attached hydrogens (tertiary/aromatic N) is 1. The molecule has 1 heterocycles. The lowest BCUT2D eigenvalue weighted by atomic mass is 9.69. The SMILES string of the molecule is CC1(C)C2CCC1(C)C(NC(=O)c1ccc3nc(C(F)F)[nH]c3c1)C2. The van der Waals surface area contributed by atoms with E-state index >= 15 is 0 Å². The average molecular weight is 347 g/mol. The fourth-order valence-corrected chi connectivity index (χ4v) is 4.94. The van der Waals surface area contributed by atoms with Gasteiger partial charge in [-0.1, -0.05) is 20.8 Å². The lowest BCUT2D eigenvalue weighted by Gasteiger charge is -2.39. The normalized spacial score (nSPS) is 30.3. The number of rotatable bonds is 3. The van der Waals surface area contributed by atoms with E-state index in [4.69, 9.17) is 0 Å². The zero-order valence-electron chi connectivity index (χ0n) is 14.7. The third-order valence-corrected chi connectivity index (χ3v) is 7.07. The third-order valence-electron chi connectivity index (χ3n) is 7.07. The summed E-state index contributed by atoms with van der Waals surface area (Å²) in [5, 5.41) is 3.20. The Kier molecular flexibility index (Phi) is 3.47. The number of aromatic amines is 1. The van der Waals surface area contributed by atoms with Crippen molar-refractivity contribution in [2.75, 3.05) is 0 Å². The van der Waals surface area contributed by atoms with Gasteiger partial charge >= 0.3 is 0 Å². The molecule has 2 N–H and O–H groups in total. The van der Waals surface area contributed by atoms with Crippen molar-refractivity contribution >= 4 is 16.9 Å². The highest BCUT2D eigenvalue weighted by molar-refractivity contribution is 5.97. The minimum absolute atomic E-state index is 0.105. The number of alkyl halides is 2. The zero-order chi connectivity index (χ0) is 18.0. The van der Waals surface area contributed by atoms with Crippen LogP contribution in [-0.4, -0.2) is 21.9 Å². The largest absolute Gasteiger partial charge is 0.349 e. The number of hydrogen-bond donors (Lipinski definition) is 2. The summed E-state index contributed by atoms with van der Waals surface area (Å²) in [6, 6.07) is 5.01. The fourth-order valence-electron chi connectivity index (χ4n) is 4.94. The standard InChI is InChI=1S/C19H23F2N3O/c1-18(2)11-6-7-19(18,3)14(9-11)24-17(25)10-4-5-12-13(8-10)23-16(22-12)15(20)21/h4-5,8,11,14-15H,6-7,9H2,1-3H3,(H,22,23)(H,24,25). The van der Waals surface area contributed by atoms with Gasteiger partial charge in [0.2, 0.25) is 0 Å². The van der Waals surface area contributed by atoms with Crippen molar-refractivity contribution in [1.29, 1.82) is 0 Å². The van der Waals surface area contributed by atoms with Crippen molar-refractivity contribution in [2.24, 2.45) is 16.7 Å². The molecule has 0 aliphatic heterocycles. The minimum atomic E-state index is -2.65. The highest BCUT2D eigenvalue weighted by Gasteiger charge is 2.61. The van der Waals surface area contributed by atoms with E-state index in [2.05, 4.69) is 36.1 Å². The number of nitrogens with one attached hydrogen (secondary N) is 2. The van der Waals surface area contributed by atoms with E-state index < -0.39 is 6.43 Å². The summed E-state index contributed by atoms with van der Waals surface area (Å²) in [6.07, 6.45) is 0.719. The predicted octanol–water partition coefficient (Wildman–Crippen LogP) is 4.45. The van der Waals surface area contributed by atoms with Crippen LogP contribution in [0.3, 0.4) is 0 Å². The first-order chi connectivity index (χ1) is 11.7. The van der Waals surface area contributed by atoms with Gasteiger partial charge in [0.25, 0.3) is 12.3 Å².